The molecular formula is C10H18N2O5S2. The van der Waals surface area contributed by atoms with E-state index in [4.69, 9.17) is 5.11 Å². The molecule has 0 aliphatic carbocycles. The van der Waals surface area contributed by atoms with Crippen molar-refractivity contribution < 1.29 is 25.2 Å². The molecule has 0 saturated carbocycles. The Labute approximate surface area is 119 Å². The molecule has 9 heteroatoms. The van der Waals surface area contributed by atoms with Gasteiger partial charge in [0.05, 0.1) is 12.7 Å². The van der Waals surface area contributed by atoms with Crippen molar-refractivity contribution in [1.29, 1.82) is 0 Å². The number of aliphatic hydroxyl groups excluding tert-OH is 4. The third-order valence-corrected chi connectivity index (χ3v) is 4.78. The molecule has 1 unspecified atom stereocenters. The van der Waals surface area contributed by atoms with Gasteiger partial charge in [-0.05, 0) is 6.26 Å². The first-order valence-electron chi connectivity index (χ1n) is 5.64. The standard InChI is InChI=1S/C10H18N2O5S2/c1-5(14)12-8(19-10(11-12)18-2)3-6(15)9(17)7(16)4-13/h6-9,13,15-17H,3-4H2,1-2H3/t6-,7-,8?,9+/m1/s1. The Kier molecular flexibility index (Phi) is 6.57. The molecule has 7 nitrogen and oxygen atoms in total. The molecule has 0 saturated heterocycles. The molecule has 4 atom stereocenters. The van der Waals surface area contributed by atoms with Crippen molar-refractivity contribution in [2.45, 2.75) is 37.0 Å². The molecule has 0 radical (unpaired) electrons. The second-order valence-corrected chi connectivity index (χ2v) is 6.27. The van der Waals surface area contributed by atoms with E-state index in [0.29, 0.717) is 4.38 Å². The highest BCUT2D eigenvalue weighted by molar-refractivity contribution is 8.39. The maximum Gasteiger partial charge on any atom is 0.240 e. The molecule has 1 aliphatic heterocycles. The third kappa shape index (κ3) is 4.33. The molecule has 0 aromatic carbocycles. The summed E-state index contributed by atoms with van der Waals surface area (Å²) in [7, 11) is 0. The van der Waals surface area contributed by atoms with Crippen LogP contribution in [0.3, 0.4) is 0 Å². The van der Waals surface area contributed by atoms with Crippen molar-refractivity contribution in [3.8, 4) is 0 Å². The molecule has 1 rings (SSSR count). The van der Waals surface area contributed by atoms with E-state index in [1.807, 2.05) is 6.26 Å². The zero-order chi connectivity index (χ0) is 14.6. The number of hydrogen-bond donors (Lipinski definition) is 4. The minimum absolute atomic E-state index is 0.0516. The number of hydrazone groups is 1. The molecule has 4 N–H and O–H groups in total. The minimum atomic E-state index is -1.46. The number of carbonyl (C=O) groups excluding carboxylic acids is 1. The lowest BCUT2D eigenvalue weighted by atomic mass is 10.1. The van der Waals surface area contributed by atoms with Gasteiger partial charge in [-0.3, -0.25) is 4.79 Å². The largest absolute Gasteiger partial charge is 0.394 e. The lowest BCUT2D eigenvalue weighted by molar-refractivity contribution is -0.130. The zero-order valence-corrected chi connectivity index (χ0v) is 12.3. The second kappa shape index (κ2) is 7.46. The van der Waals surface area contributed by atoms with E-state index in [1.54, 1.807) is 0 Å². The van der Waals surface area contributed by atoms with E-state index in [2.05, 4.69) is 5.10 Å². The van der Waals surface area contributed by atoms with Gasteiger partial charge >= 0.3 is 0 Å². The number of rotatable bonds is 5. The fraction of sp³-hybridized carbons (Fsp3) is 0.800. The minimum Gasteiger partial charge on any atom is -0.394 e. The van der Waals surface area contributed by atoms with Gasteiger partial charge in [0.15, 0.2) is 4.38 Å². The smallest absolute Gasteiger partial charge is 0.240 e. The van der Waals surface area contributed by atoms with Gasteiger partial charge in [-0.2, -0.15) is 5.10 Å². The Morgan fingerprint density at radius 2 is 2.11 bits per heavy atom. The van der Waals surface area contributed by atoms with Crippen molar-refractivity contribution in [3.63, 3.8) is 0 Å². The van der Waals surface area contributed by atoms with Crippen molar-refractivity contribution in [1.82, 2.24) is 5.01 Å². The number of thioether (sulfide) groups is 2. The van der Waals surface area contributed by atoms with Crippen molar-refractivity contribution in [2.24, 2.45) is 5.10 Å². The molecule has 0 spiro atoms. The van der Waals surface area contributed by atoms with E-state index >= 15 is 0 Å². The lowest BCUT2D eigenvalue weighted by Gasteiger charge is -2.26. The quantitative estimate of drug-likeness (QED) is 0.515. The molecule has 0 aromatic rings. The predicted octanol–water partition coefficient (Wildman–Crippen LogP) is -0.993. The SMILES string of the molecule is CSC1=NN(C(C)=O)C(C[C@@H](O)[C@H](O)[C@H](O)CO)S1. The van der Waals surface area contributed by atoms with Crippen LogP contribution in [0, 0.1) is 0 Å². The Hall–Kier alpha value is -0.320. The number of nitrogens with zero attached hydrogens (tertiary/aromatic N) is 2. The van der Waals surface area contributed by atoms with Crippen LogP contribution in [0.4, 0.5) is 0 Å². The summed E-state index contributed by atoms with van der Waals surface area (Å²) in [6.45, 7) is 0.727. The molecule has 110 valence electrons. The average molecular weight is 310 g/mol. The average Bonchev–Trinajstić information content (AvgIpc) is 2.80. The van der Waals surface area contributed by atoms with Crippen LogP contribution in [0.2, 0.25) is 0 Å². The maximum atomic E-state index is 11.4. The molecule has 19 heavy (non-hydrogen) atoms. The van der Waals surface area contributed by atoms with Gasteiger partial charge in [0.1, 0.15) is 17.6 Å². The van der Waals surface area contributed by atoms with Crippen LogP contribution in [-0.4, -0.2) is 72.3 Å². The predicted molar refractivity (Wildman–Crippen MR) is 74.6 cm³/mol. The first kappa shape index (κ1) is 16.7. The summed E-state index contributed by atoms with van der Waals surface area (Å²) in [6.07, 6.45) is -2.24. The molecule has 0 fully saturated rings. The van der Waals surface area contributed by atoms with Crippen LogP contribution in [0.25, 0.3) is 0 Å². The van der Waals surface area contributed by atoms with Gasteiger partial charge in [-0.25, -0.2) is 5.01 Å². The van der Waals surface area contributed by atoms with Crippen LogP contribution < -0.4 is 0 Å². The Morgan fingerprint density at radius 3 is 2.58 bits per heavy atom. The normalized spacial score (nSPS) is 24.0. The summed E-state index contributed by atoms with van der Waals surface area (Å²) in [5.41, 5.74) is 0. The van der Waals surface area contributed by atoms with Gasteiger partial charge in [-0.1, -0.05) is 11.8 Å². The molecule has 0 bridgehead atoms. The number of hydrogen-bond acceptors (Lipinski definition) is 8. The fourth-order valence-electron chi connectivity index (χ4n) is 1.56. The van der Waals surface area contributed by atoms with Gasteiger partial charge in [0.25, 0.3) is 0 Å². The third-order valence-electron chi connectivity index (χ3n) is 2.61. The van der Waals surface area contributed by atoms with Crippen molar-refractivity contribution in [2.75, 3.05) is 12.9 Å². The first-order valence-corrected chi connectivity index (χ1v) is 7.75. The van der Waals surface area contributed by atoms with Gasteiger partial charge < -0.3 is 20.4 Å². The summed E-state index contributed by atoms with van der Waals surface area (Å²) < 4.78 is 0.699. The van der Waals surface area contributed by atoms with Crippen molar-refractivity contribution in [3.05, 3.63) is 0 Å². The number of amides is 1. The van der Waals surface area contributed by atoms with Gasteiger partial charge in [-0.15, -0.1) is 11.8 Å². The van der Waals surface area contributed by atoms with Crippen LogP contribution in [-0.2, 0) is 4.79 Å². The molecule has 0 aromatic heterocycles. The number of carbonyl (C=O) groups is 1. The molecule has 1 amide bonds. The topological polar surface area (TPSA) is 114 Å². The van der Waals surface area contributed by atoms with Crippen LogP contribution in [0.15, 0.2) is 5.10 Å². The van der Waals surface area contributed by atoms with E-state index in [1.165, 1.54) is 35.5 Å². The van der Waals surface area contributed by atoms with Gasteiger partial charge in [0.2, 0.25) is 5.91 Å². The van der Waals surface area contributed by atoms with E-state index < -0.39 is 30.3 Å². The van der Waals surface area contributed by atoms with E-state index in [-0.39, 0.29) is 12.3 Å². The fourth-order valence-corrected chi connectivity index (χ4v) is 3.41. The summed E-state index contributed by atoms with van der Waals surface area (Å²) >= 11 is 2.70. The van der Waals surface area contributed by atoms with Crippen LogP contribution >= 0.6 is 23.5 Å². The van der Waals surface area contributed by atoms with E-state index in [9.17, 15) is 20.1 Å². The molecule has 1 heterocycles. The first-order chi connectivity index (χ1) is 8.90. The van der Waals surface area contributed by atoms with Crippen molar-refractivity contribution >= 4 is 33.8 Å². The number of aliphatic hydroxyl groups is 4. The zero-order valence-electron chi connectivity index (χ0n) is 10.6. The van der Waals surface area contributed by atoms with E-state index in [0.717, 1.165) is 0 Å². The molecular weight excluding hydrogens is 292 g/mol. The molecule has 1 aliphatic rings. The van der Waals surface area contributed by atoms with Gasteiger partial charge in [0, 0.05) is 13.3 Å². The van der Waals surface area contributed by atoms with Crippen LogP contribution in [0.1, 0.15) is 13.3 Å². The monoisotopic (exact) mass is 310 g/mol. The highest BCUT2D eigenvalue weighted by Gasteiger charge is 2.35. The maximum absolute atomic E-state index is 11.4. The Balaban J connectivity index is 2.64. The Morgan fingerprint density at radius 1 is 1.47 bits per heavy atom. The highest BCUT2D eigenvalue weighted by Crippen LogP contribution is 2.34. The van der Waals surface area contributed by atoms with Crippen LogP contribution in [0.5, 0.6) is 0 Å². The Bertz CT molecular complexity index is 355. The highest BCUT2D eigenvalue weighted by atomic mass is 32.2. The summed E-state index contributed by atoms with van der Waals surface area (Å²) in [4.78, 5) is 11.4. The summed E-state index contributed by atoms with van der Waals surface area (Å²) in [5.74, 6) is -0.258. The second-order valence-electron chi connectivity index (χ2n) is 4.05. The summed E-state index contributed by atoms with van der Waals surface area (Å²) in [5, 5.41) is 42.3. The lowest BCUT2D eigenvalue weighted by Crippen LogP contribution is -2.43. The summed E-state index contributed by atoms with van der Waals surface area (Å²) in [6, 6.07) is 0.